The maximum absolute atomic E-state index is 6.48. The van der Waals surface area contributed by atoms with E-state index in [1.165, 1.54) is 58.8 Å². The number of nitrogens with zero attached hydrogens (tertiary/aromatic N) is 1. The van der Waals surface area contributed by atoms with Gasteiger partial charge in [-0.05, 0) is 62.9 Å². The summed E-state index contributed by atoms with van der Waals surface area (Å²) in [5.41, 5.74) is 10.00. The van der Waals surface area contributed by atoms with E-state index >= 15 is 0 Å². The molecule has 0 fully saturated rings. The standard InChI is InChI=1S/C49H33N3OS/c1-3-13-30(14-4-1)47-50-48(31-15-5-2-6-16-31)52-49(51-47)35-20-9-19-34(27-35)36-21-10-24-39-40-25-11-23-38(46(40)54-45(36)39)37-22-12-26-42-44(37)41-28-32-17-7-8-18-33(32)29-43(41)53-42/h1-29,47,49,51H,(H,50,52). The van der Waals surface area contributed by atoms with E-state index < -0.39 is 0 Å². The smallest absolute Gasteiger partial charge is 0.136 e. The van der Waals surface area contributed by atoms with Crippen LogP contribution in [0.4, 0.5) is 0 Å². The molecule has 4 nitrogen and oxygen atoms in total. The number of nitrogens with one attached hydrogen (secondary N) is 2. The minimum Gasteiger partial charge on any atom is -0.456 e. The Morgan fingerprint density at radius 3 is 1.93 bits per heavy atom. The molecule has 0 saturated heterocycles. The number of thiophene rings is 1. The summed E-state index contributed by atoms with van der Waals surface area (Å²) in [6, 6.07) is 62.6. The zero-order valence-electron chi connectivity index (χ0n) is 29.2. The molecule has 0 amide bonds. The van der Waals surface area contributed by atoms with Gasteiger partial charge in [-0.1, -0.05) is 152 Å². The van der Waals surface area contributed by atoms with Gasteiger partial charge in [0.15, 0.2) is 0 Å². The highest BCUT2D eigenvalue weighted by Crippen LogP contribution is 2.46. The number of furan rings is 1. The van der Waals surface area contributed by atoms with Crippen molar-refractivity contribution < 1.29 is 4.42 Å². The Labute approximate surface area is 316 Å². The van der Waals surface area contributed by atoms with Gasteiger partial charge in [0.1, 0.15) is 29.3 Å². The van der Waals surface area contributed by atoms with Crippen molar-refractivity contribution in [2.24, 2.45) is 4.99 Å². The molecule has 3 heterocycles. The number of fused-ring (bicyclic) bond motifs is 7. The number of hydrogen-bond donors (Lipinski definition) is 2. The van der Waals surface area contributed by atoms with Crippen molar-refractivity contribution in [1.82, 2.24) is 10.6 Å². The lowest BCUT2D eigenvalue weighted by molar-refractivity contribution is 0.409. The number of rotatable bonds is 5. The lowest BCUT2D eigenvalue weighted by atomic mass is 9.96. The molecule has 5 heteroatoms. The van der Waals surface area contributed by atoms with Crippen molar-refractivity contribution in [2.75, 3.05) is 0 Å². The molecule has 0 radical (unpaired) electrons. The predicted octanol–water partition coefficient (Wildman–Crippen LogP) is 12.8. The topological polar surface area (TPSA) is 49.6 Å². The molecule has 0 bridgehead atoms. The fraction of sp³-hybridized carbons (Fsp3) is 0.0408. The first-order chi connectivity index (χ1) is 26.7. The zero-order valence-corrected chi connectivity index (χ0v) is 30.0. The van der Waals surface area contributed by atoms with Crippen LogP contribution in [0.2, 0.25) is 0 Å². The Bertz CT molecular complexity index is 3070. The quantitative estimate of drug-likeness (QED) is 0.187. The summed E-state index contributed by atoms with van der Waals surface area (Å²) in [7, 11) is 0. The molecule has 0 saturated carbocycles. The van der Waals surface area contributed by atoms with Gasteiger partial charge in [-0.3, -0.25) is 5.32 Å². The fourth-order valence-corrected chi connectivity index (χ4v) is 9.53. The van der Waals surface area contributed by atoms with E-state index in [1.807, 2.05) is 17.4 Å². The highest BCUT2D eigenvalue weighted by Gasteiger charge is 2.26. The maximum atomic E-state index is 6.48. The molecule has 10 aromatic rings. The number of benzene rings is 8. The second-order valence-corrected chi connectivity index (χ2v) is 15.0. The van der Waals surface area contributed by atoms with E-state index in [4.69, 9.17) is 9.41 Å². The van der Waals surface area contributed by atoms with Crippen LogP contribution in [0.1, 0.15) is 29.0 Å². The second kappa shape index (κ2) is 12.6. The SMILES string of the molecule is c1ccc(C2=NC(c3cccc(-c4cccc5c4sc4c(-c6cccc7oc8cc9ccccc9cc8c67)cccc45)c3)NC(c3ccccc3)N2)cc1. The lowest BCUT2D eigenvalue weighted by Gasteiger charge is -2.32. The van der Waals surface area contributed by atoms with Crippen LogP contribution in [-0.2, 0) is 0 Å². The average Bonchev–Trinajstić information content (AvgIpc) is 3.81. The number of amidine groups is 1. The largest absolute Gasteiger partial charge is 0.456 e. The minimum atomic E-state index is -0.234. The minimum absolute atomic E-state index is 0.0902. The summed E-state index contributed by atoms with van der Waals surface area (Å²) in [6.45, 7) is 0. The Kier molecular flexibility index (Phi) is 7.22. The Hall–Kier alpha value is -6.53. The third-order valence-corrected chi connectivity index (χ3v) is 12.0. The monoisotopic (exact) mass is 711 g/mol. The zero-order chi connectivity index (χ0) is 35.6. The molecule has 2 aromatic heterocycles. The summed E-state index contributed by atoms with van der Waals surface area (Å²) in [4.78, 5) is 5.22. The molecule has 0 spiro atoms. The van der Waals surface area contributed by atoms with Crippen LogP contribution in [0.3, 0.4) is 0 Å². The van der Waals surface area contributed by atoms with E-state index in [1.54, 1.807) is 0 Å². The van der Waals surface area contributed by atoms with E-state index in [0.29, 0.717) is 0 Å². The molecule has 54 heavy (non-hydrogen) atoms. The second-order valence-electron chi connectivity index (χ2n) is 14.0. The van der Waals surface area contributed by atoms with Crippen LogP contribution < -0.4 is 10.6 Å². The molecule has 2 unspecified atom stereocenters. The molecule has 2 atom stereocenters. The summed E-state index contributed by atoms with van der Waals surface area (Å²) < 4.78 is 9.04. The number of hydrogen-bond acceptors (Lipinski definition) is 5. The summed E-state index contributed by atoms with van der Waals surface area (Å²) in [5.74, 6) is 0.881. The van der Waals surface area contributed by atoms with E-state index in [0.717, 1.165) is 38.9 Å². The van der Waals surface area contributed by atoms with E-state index in [-0.39, 0.29) is 12.3 Å². The van der Waals surface area contributed by atoms with Crippen LogP contribution in [0.25, 0.3) is 75.1 Å². The third-order valence-electron chi connectivity index (χ3n) is 10.7. The molecule has 1 aliphatic rings. The van der Waals surface area contributed by atoms with Crippen LogP contribution in [0.15, 0.2) is 185 Å². The van der Waals surface area contributed by atoms with Crippen molar-refractivity contribution >= 4 is 70.1 Å². The normalized spacial score (nSPS) is 16.0. The highest BCUT2D eigenvalue weighted by atomic mass is 32.1. The van der Waals surface area contributed by atoms with Gasteiger partial charge in [0, 0.05) is 42.1 Å². The molecule has 8 aromatic carbocycles. The summed E-state index contributed by atoms with van der Waals surface area (Å²) in [5, 5.41) is 14.7. The van der Waals surface area contributed by atoms with Gasteiger partial charge in [-0.25, -0.2) is 4.99 Å². The molecule has 2 N–H and O–H groups in total. The van der Waals surface area contributed by atoms with Gasteiger partial charge >= 0.3 is 0 Å². The van der Waals surface area contributed by atoms with Crippen molar-refractivity contribution in [2.45, 2.75) is 12.3 Å². The fourth-order valence-electron chi connectivity index (χ4n) is 8.16. The van der Waals surface area contributed by atoms with E-state index in [2.05, 4.69) is 180 Å². The van der Waals surface area contributed by atoms with Gasteiger partial charge in [-0.2, -0.15) is 0 Å². The molecular formula is C49H33N3OS. The summed E-state index contributed by atoms with van der Waals surface area (Å²) in [6.07, 6.45) is -0.324. The van der Waals surface area contributed by atoms with Gasteiger partial charge in [0.25, 0.3) is 0 Å². The van der Waals surface area contributed by atoms with Crippen molar-refractivity contribution in [1.29, 1.82) is 0 Å². The van der Waals surface area contributed by atoms with Gasteiger partial charge in [0.05, 0.1) is 0 Å². The molecule has 256 valence electrons. The van der Waals surface area contributed by atoms with Crippen molar-refractivity contribution in [3.05, 3.63) is 193 Å². The van der Waals surface area contributed by atoms with Crippen LogP contribution in [0, 0.1) is 0 Å². The van der Waals surface area contributed by atoms with E-state index in [9.17, 15) is 0 Å². The first kappa shape index (κ1) is 31.0. The van der Waals surface area contributed by atoms with Crippen molar-refractivity contribution in [3.8, 4) is 22.3 Å². The number of aliphatic imine (C=N–C) groups is 1. The Morgan fingerprint density at radius 2 is 1.11 bits per heavy atom. The van der Waals surface area contributed by atoms with Crippen molar-refractivity contribution in [3.63, 3.8) is 0 Å². The third kappa shape index (κ3) is 5.12. The molecule has 0 aliphatic carbocycles. The highest BCUT2D eigenvalue weighted by molar-refractivity contribution is 7.26. The molecule has 11 rings (SSSR count). The van der Waals surface area contributed by atoms with Gasteiger partial charge < -0.3 is 9.73 Å². The first-order valence-electron chi connectivity index (χ1n) is 18.3. The van der Waals surface area contributed by atoms with Gasteiger partial charge in [-0.15, -0.1) is 11.3 Å². The summed E-state index contributed by atoms with van der Waals surface area (Å²) >= 11 is 1.88. The predicted molar refractivity (Wildman–Crippen MR) is 226 cm³/mol. The van der Waals surface area contributed by atoms with Gasteiger partial charge in [0.2, 0.25) is 0 Å². The van der Waals surface area contributed by atoms with Crippen LogP contribution >= 0.6 is 11.3 Å². The molecular weight excluding hydrogens is 679 g/mol. The molecule has 1 aliphatic heterocycles. The average molecular weight is 712 g/mol. The van der Waals surface area contributed by atoms with Crippen LogP contribution in [-0.4, -0.2) is 5.84 Å². The lowest BCUT2D eigenvalue weighted by Crippen LogP contribution is -2.44. The first-order valence-corrected chi connectivity index (χ1v) is 19.2. The Balaban J connectivity index is 1.04. The Morgan fingerprint density at radius 1 is 0.481 bits per heavy atom. The van der Waals surface area contributed by atoms with Crippen LogP contribution in [0.5, 0.6) is 0 Å². The maximum Gasteiger partial charge on any atom is 0.136 e.